The van der Waals surface area contributed by atoms with Gasteiger partial charge in [0.2, 0.25) is 10.0 Å². The van der Waals surface area contributed by atoms with E-state index in [1.165, 1.54) is 0 Å². The van der Waals surface area contributed by atoms with Crippen LogP contribution in [0.15, 0.2) is 12.1 Å². The number of fused-ring (bicyclic) bond motifs is 2. The van der Waals surface area contributed by atoms with Gasteiger partial charge in [0.1, 0.15) is 12.0 Å². The summed E-state index contributed by atoms with van der Waals surface area (Å²) in [5.74, 6) is 0.0997. The Balaban J connectivity index is 1.77. The Bertz CT molecular complexity index is 1260. The summed E-state index contributed by atoms with van der Waals surface area (Å²) >= 11 is 2.20. The quantitative estimate of drug-likeness (QED) is 0.338. The molecule has 4 rings (SSSR count). The van der Waals surface area contributed by atoms with Crippen LogP contribution >= 0.6 is 22.6 Å². The SMILES string of the molecule is CCNS(=O)(=O)CCn1c(Cc2cc3c(cc2I)CCC3F)nc2c(N)nc(F)nc21. The van der Waals surface area contributed by atoms with Gasteiger partial charge in [-0.1, -0.05) is 13.0 Å². The number of imidazole rings is 1. The topological polar surface area (TPSA) is 116 Å². The number of alkyl halides is 1. The lowest BCUT2D eigenvalue weighted by Gasteiger charge is -2.12. The number of halogens is 3. The van der Waals surface area contributed by atoms with Crippen molar-refractivity contribution in [2.45, 2.75) is 38.9 Å². The number of nitrogens with two attached hydrogens (primary N) is 1. The molecule has 3 aromatic rings. The van der Waals surface area contributed by atoms with Crippen molar-refractivity contribution in [2.75, 3.05) is 18.0 Å². The van der Waals surface area contributed by atoms with E-state index in [9.17, 15) is 17.2 Å². The molecule has 0 bridgehead atoms. The number of hydrogen-bond donors (Lipinski definition) is 2. The third kappa shape index (κ3) is 4.51. The first-order valence-corrected chi connectivity index (χ1v) is 12.5. The van der Waals surface area contributed by atoms with E-state index < -0.39 is 22.3 Å². The number of rotatable bonds is 7. The van der Waals surface area contributed by atoms with E-state index in [0.717, 1.165) is 14.7 Å². The second kappa shape index (κ2) is 8.54. The van der Waals surface area contributed by atoms with E-state index in [1.807, 2.05) is 12.1 Å². The molecule has 12 heteroatoms. The second-order valence-electron chi connectivity index (χ2n) is 7.37. The molecule has 1 aromatic carbocycles. The lowest BCUT2D eigenvalue weighted by molar-refractivity contribution is 0.343. The van der Waals surface area contributed by atoms with Gasteiger partial charge in [-0.2, -0.15) is 14.4 Å². The van der Waals surface area contributed by atoms with E-state index in [1.54, 1.807) is 11.5 Å². The van der Waals surface area contributed by atoms with Crippen molar-refractivity contribution in [1.29, 1.82) is 0 Å². The van der Waals surface area contributed by atoms with Gasteiger partial charge >= 0.3 is 6.08 Å². The molecule has 1 unspecified atom stereocenters. The van der Waals surface area contributed by atoms with Crippen LogP contribution in [-0.4, -0.2) is 40.2 Å². The maximum absolute atomic E-state index is 14.3. The van der Waals surface area contributed by atoms with Crippen molar-refractivity contribution >= 4 is 49.6 Å². The Hall–Kier alpha value is -1.93. The van der Waals surface area contributed by atoms with Crippen molar-refractivity contribution in [2.24, 2.45) is 0 Å². The normalized spacial score (nSPS) is 16.2. The van der Waals surface area contributed by atoms with Gasteiger partial charge in [-0.3, -0.25) is 0 Å². The molecule has 166 valence electrons. The summed E-state index contributed by atoms with van der Waals surface area (Å²) in [6.45, 7) is 1.96. The van der Waals surface area contributed by atoms with Gasteiger partial charge in [-0.25, -0.2) is 22.5 Å². The van der Waals surface area contributed by atoms with Crippen LogP contribution in [0.5, 0.6) is 0 Å². The van der Waals surface area contributed by atoms with Crippen LogP contribution in [0, 0.1) is 9.65 Å². The Morgan fingerprint density at radius 3 is 2.84 bits per heavy atom. The fraction of sp³-hybridized carbons (Fsp3) is 0.421. The summed E-state index contributed by atoms with van der Waals surface area (Å²) in [6, 6.07) is 3.81. The van der Waals surface area contributed by atoms with Gasteiger partial charge in [0.05, 0.1) is 5.75 Å². The Kier molecular flexibility index (Phi) is 6.14. The molecule has 0 saturated carbocycles. The number of benzene rings is 1. The summed E-state index contributed by atoms with van der Waals surface area (Å²) in [5, 5.41) is 0. The Morgan fingerprint density at radius 1 is 1.32 bits per heavy atom. The van der Waals surface area contributed by atoms with Crippen LogP contribution in [0.3, 0.4) is 0 Å². The first-order valence-electron chi connectivity index (χ1n) is 9.79. The predicted octanol–water partition coefficient (Wildman–Crippen LogP) is 2.64. The Labute approximate surface area is 191 Å². The fourth-order valence-electron chi connectivity index (χ4n) is 3.84. The molecule has 3 N–H and O–H groups in total. The molecule has 0 fully saturated rings. The number of anilines is 1. The molecule has 0 saturated heterocycles. The minimum Gasteiger partial charge on any atom is -0.382 e. The number of nitrogen functional groups attached to an aromatic ring is 1. The first-order chi connectivity index (χ1) is 14.7. The number of nitrogens with zero attached hydrogens (tertiary/aromatic N) is 4. The minimum atomic E-state index is -3.53. The number of sulfonamides is 1. The average molecular weight is 562 g/mol. The molecule has 31 heavy (non-hydrogen) atoms. The highest BCUT2D eigenvalue weighted by atomic mass is 127. The highest BCUT2D eigenvalue weighted by Crippen LogP contribution is 2.36. The van der Waals surface area contributed by atoms with Gasteiger partial charge in [0.25, 0.3) is 0 Å². The van der Waals surface area contributed by atoms with Gasteiger partial charge in [-0.05, 0) is 58.2 Å². The molecule has 1 aliphatic rings. The smallest absolute Gasteiger partial charge is 0.312 e. The molecule has 8 nitrogen and oxygen atoms in total. The minimum absolute atomic E-state index is 0.00428. The van der Waals surface area contributed by atoms with E-state index in [2.05, 4.69) is 42.3 Å². The molecule has 0 amide bonds. The number of nitrogens with one attached hydrogen (secondary N) is 1. The zero-order valence-electron chi connectivity index (χ0n) is 16.7. The van der Waals surface area contributed by atoms with Gasteiger partial charge in [0.15, 0.2) is 17.0 Å². The molecular formula is C19H21F2IN6O2S. The summed E-state index contributed by atoms with van der Waals surface area (Å²) in [6.07, 6.45) is -0.540. The van der Waals surface area contributed by atoms with Gasteiger partial charge < -0.3 is 10.3 Å². The van der Waals surface area contributed by atoms with Crippen molar-refractivity contribution in [3.63, 3.8) is 0 Å². The van der Waals surface area contributed by atoms with E-state index in [-0.39, 0.29) is 42.2 Å². The third-order valence-corrected chi connectivity index (χ3v) is 7.74. The third-order valence-electron chi connectivity index (χ3n) is 5.28. The van der Waals surface area contributed by atoms with Crippen LogP contribution < -0.4 is 10.5 Å². The molecule has 0 spiro atoms. The number of aryl methyl sites for hydroxylation is 2. The van der Waals surface area contributed by atoms with Crippen molar-refractivity contribution in [3.8, 4) is 0 Å². The zero-order chi connectivity index (χ0) is 22.3. The maximum atomic E-state index is 14.3. The van der Waals surface area contributed by atoms with Crippen LogP contribution in [-0.2, 0) is 29.4 Å². The maximum Gasteiger partial charge on any atom is 0.312 e. The average Bonchev–Trinajstić information content (AvgIpc) is 3.21. The molecule has 1 aliphatic carbocycles. The van der Waals surface area contributed by atoms with Crippen LogP contribution in [0.4, 0.5) is 14.6 Å². The predicted molar refractivity (Wildman–Crippen MR) is 121 cm³/mol. The lowest BCUT2D eigenvalue weighted by atomic mass is 10.0. The summed E-state index contributed by atoms with van der Waals surface area (Å²) in [7, 11) is -3.53. The standard InChI is InChI=1S/C19H21F2IN6O2S/c1-2-24-31(29,30)6-5-28-15(25-16-17(23)26-19(21)27-18(16)28)9-11-7-12-10(8-14(11)22)3-4-13(12)20/h7-8,13,24H,2-6,9H2,1H3,(H2,23,26,27). The molecule has 1 atom stereocenters. The molecule has 0 aliphatic heterocycles. The van der Waals surface area contributed by atoms with Gasteiger partial charge in [0, 0.05) is 23.1 Å². The summed E-state index contributed by atoms with van der Waals surface area (Å²) in [4.78, 5) is 11.8. The van der Waals surface area contributed by atoms with E-state index >= 15 is 0 Å². The fourth-order valence-corrected chi connectivity index (χ4v) is 5.57. The van der Waals surface area contributed by atoms with Crippen molar-refractivity contribution < 1.29 is 17.2 Å². The second-order valence-corrected chi connectivity index (χ2v) is 10.5. The van der Waals surface area contributed by atoms with Crippen LogP contribution in [0.2, 0.25) is 0 Å². The molecule has 2 aromatic heterocycles. The highest BCUT2D eigenvalue weighted by molar-refractivity contribution is 14.1. The molecule has 2 heterocycles. The highest BCUT2D eigenvalue weighted by Gasteiger charge is 2.25. The summed E-state index contributed by atoms with van der Waals surface area (Å²) in [5.41, 5.74) is 8.70. The van der Waals surface area contributed by atoms with Crippen molar-refractivity contribution in [1.82, 2.24) is 24.2 Å². The molecule has 0 radical (unpaired) electrons. The molecular weight excluding hydrogens is 541 g/mol. The Morgan fingerprint density at radius 2 is 2.10 bits per heavy atom. The van der Waals surface area contributed by atoms with Crippen LogP contribution in [0.25, 0.3) is 11.2 Å². The monoisotopic (exact) mass is 562 g/mol. The number of aromatic nitrogens is 4. The van der Waals surface area contributed by atoms with Crippen LogP contribution in [0.1, 0.15) is 42.0 Å². The van der Waals surface area contributed by atoms with E-state index in [4.69, 9.17) is 5.73 Å². The summed E-state index contributed by atoms with van der Waals surface area (Å²) < 4.78 is 57.4. The largest absolute Gasteiger partial charge is 0.382 e. The first kappa shape index (κ1) is 22.3. The number of hydrogen-bond acceptors (Lipinski definition) is 6. The van der Waals surface area contributed by atoms with Gasteiger partial charge in [-0.15, -0.1) is 0 Å². The lowest BCUT2D eigenvalue weighted by Crippen LogP contribution is -2.28. The van der Waals surface area contributed by atoms with E-state index in [0.29, 0.717) is 24.2 Å². The van der Waals surface area contributed by atoms with Crippen molar-refractivity contribution in [3.05, 3.63) is 44.3 Å². The zero-order valence-corrected chi connectivity index (χ0v) is 19.7.